The third-order valence-corrected chi connectivity index (χ3v) is 5.45. The summed E-state index contributed by atoms with van der Waals surface area (Å²) in [6.07, 6.45) is 7.89. The zero-order chi connectivity index (χ0) is 20.4. The first-order valence-corrected chi connectivity index (χ1v) is 10.1. The van der Waals surface area contributed by atoms with Gasteiger partial charge in [-0.2, -0.15) is 0 Å². The van der Waals surface area contributed by atoms with Crippen molar-refractivity contribution in [3.8, 4) is 5.75 Å². The van der Waals surface area contributed by atoms with E-state index < -0.39 is 6.10 Å². The van der Waals surface area contributed by atoms with Crippen LogP contribution in [-0.2, 0) is 24.2 Å². The minimum atomic E-state index is -0.737. The fourth-order valence-corrected chi connectivity index (χ4v) is 3.86. The largest absolute Gasteiger partial charge is 0.479 e. The first kappa shape index (κ1) is 19.5. The molecule has 1 amide bonds. The number of halogens is 1. The average molecular weight is 416 g/mol. The summed E-state index contributed by atoms with van der Waals surface area (Å²) < 4.78 is 13.2. The molecule has 1 atom stereocenters. The van der Waals surface area contributed by atoms with Crippen molar-refractivity contribution in [2.45, 2.75) is 45.3 Å². The van der Waals surface area contributed by atoms with E-state index in [0.29, 0.717) is 22.9 Å². The van der Waals surface area contributed by atoms with Gasteiger partial charge in [0.05, 0.1) is 11.3 Å². The monoisotopic (exact) mass is 415 g/mol. The molecule has 0 aliphatic heterocycles. The number of aromatic nitrogens is 2. The molecule has 1 aliphatic rings. The molecule has 0 saturated carbocycles. The Morgan fingerprint density at radius 1 is 1.38 bits per heavy atom. The van der Waals surface area contributed by atoms with Crippen LogP contribution >= 0.6 is 11.6 Å². The Bertz CT molecular complexity index is 1090. The molecule has 0 spiro atoms. The summed E-state index contributed by atoms with van der Waals surface area (Å²) in [5, 5.41) is 4.08. The molecule has 0 radical (unpaired) electrons. The van der Waals surface area contributed by atoms with Gasteiger partial charge in [-0.3, -0.25) is 4.79 Å². The van der Waals surface area contributed by atoms with Crippen LogP contribution in [0, 0.1) is 0 Å². The van der Waals surface area contributed by atoms with Crippen LogP contribution in [-0.4, -0.2) is 28.1 Å². The van der Waals surface area contributed by atoms with Crippen molar-refractivity contribution < 1.29 is 13.9 Å². The average Bonchev–Trinajstić information content (AvgIpc) is 3.38. The lowest BCUT2D eigenvalue weighted by Gasteiger charge is -2.16. The molecule has 1 aromatic carbocycles. The number of hydrogen-bond donors (Lipinski definition) is 1. The van der Waals surface area contributed by atoms with Crippen LogP contribution in [0.25, 0.3) is 11.0 Å². The lowest BCUT2D eigenvalue weighted by molar-refractivity contribution is -0.127. The van der Waals surface area contributed by atoms with Gasteiger partial charge >= 0.3 is 5.63 Å². The summed E-state index contributed by atoms with van der Waals surface area (Å²) in [6.45, 7) is 2.96. The minimum Gasteiger partial charge on any atom is -0.479 e. The predicted octanol–water partition coefficient (Wildman–Crippen LogP) is 3.11. The Morgan fingerprint density at radius 2 is 2.21 bits per heavy atom. The molecule has 2 heterocycles. The molecule has 1 aliphatic carbocycles. The molecule has 0 saturated heterocycles. The van der Waals surface area contributed by atoms with E-state index in [-0.39, 0.29) is 11.5 Å². The third-order valence-electron chi connectivity index (χ3n) is 5.15. The molecule has 3 aromatic rings. The second-order valence-electron chi connectivity index (χ2n) is 7.18. The number of imidazole rings is 1. The molecule has 7 nitrogen and oxygen atoms in total. The van der Waals surface area contributed by atoms with Crippen LogP contribution in [0.5, 0.6) is 5.75 Å². The molecular weight excluding hydrogens is 394 g/mol. The third kappa shape index (κ3) is 4.15. The van der Waals surface area contributed by atoms with E-state index in [1.807, 2.05) is 10.8 Å². The van der Waals surface area contributed by atoms with Crippen molar-refractivity contribution in [1.29, 1.82) is 0 Å². The molecule has 2 aromatic heterocycles. The van der Waals surface area contributed by atoms with Gasteiger partial charge in [0.1, 0.15) is 11.3 Å². The first-order valence-electron chi connectivity index (χ1n) is 9.71. The van der Waals surface area contributed by atoms with Crippen molar-refractivity contribution in [3.63, 3.8) is 0 Å². The van der Waals surface area contributed by atoms with Crippen LogP contribution in [0.15, 0.2) is 40.1 Å². The number of carbonyl (C=O) groups is 1. The van der Waals surface area contributed by atoms with E-state index in [4.69, 9.17) is 20.8 Å². The van der Waals surface area contributed by atoms with Gasteiger partial charge in [0.15, 0.2) is 6.10 Å². The molecule has 0 bridgehead atoms. The topological polar surface area (TPSA) is 86.4 Å². The quantitative estimate of drug-likeness (QED) is 0.473. The van der Waals surface area contributed by atoms with E-state index in [2.05, 4.69) is 10.3 Å². The van der Waals surface area contributed by atoms with E-state index in [9.17, 15) is 9.59 Å². The van der Waals surface area contributed by atoms with Gasteiger partial charge in [0, 0.05) is 42.5 Å². The molecular formula is C21H22ClN3O4. The fraction of sp³-hybridized carbons (Fsp3) is 0.381. The van der Waals surface area contributed by atoms with Crippen LogP contribution in [0.3, 0.4) is 0 Å². The number of hydrogen-bond acceptors (Lipinski definition) is 5. The van der Waals surface area contributed by atoms with Gasteiger partial charge in [0.2, 0.25) is 0 Å². The maximum absolute atomic E-state index is 12.3. The highest BCUT2D eigenvalue weighted by atomic mass is 35.5. The van der Waals surface area contributed by atoms with Crippen LogP contribution < -0.4 is 15.7 Å². The number of nitrogens with one attached hydrogen (secondary N) is 1. The van der Waals surface area contributed by atoms with Gasteiger partial charge in [0.25, 0.3) is 5.91 Å². The predicted molar refractivity (Wildman–Crippen MR) is 109 cm³/mol. The molecule has 152 valence electrons. The maximum atomic E-state index is 12.3. The standard InChI is InChI=1S/C21H22ClN3O4/c1-13(20(26)24-6-3-8-25-9-7-23-12-25)28-19-11-18-16(10-17(19)22)14-4-2-5-15(14)21(27)29-18/h7,9-13H,2-6,8H2,1H3,(H,24,26)/t13-/m1/s1. The Hall–Kier alpha value is -2.80. The second kappa shape index (κ2) is 8.29. The highest BCUT2D eigenvalue weighted by Crippen LogP contribution is 2.35. The number of carbonyl (C=O) groups excluding carboxylic acids is 1. The smallest absolute Gasteiger partial charge is 0.339 e. The highest BCUT2D eigenvalue weighted by molar-refractivity contribution is 6.32. The lowest BCUT2D eigenvalue weighted by atomic mass is 10.1. The Kier molecular flexibility index (Phi) is 5.58. The maximum Gasteiger partial charge on any atom is 0.339 e. The summed E-state index contributed by atoms with van der Waals surface area (Å²) in [7, 11) is 0. The number of fused-ring (bicyclic) bond motifs is 3. The number of amides is 1. The van der Waals surface area contributed by atoms with Gasteiger partial charge in [-0.1, -0.05) is 11.6 Å². The van der Waals surface area contributed by atoms with Crippen molar-refractivity contribution in [2.24, 2.45) is 0 Å². The molecule has 1 N–H and O–H groups in total. The number of benzene rings is 1. The Labute approximate surface area is 172 Å². The van der Waals surface area contributed by atoms with Gasteiger partial charge in [-0.25, -0.2) is 9.78 Å². The SMILES string of the molecule is C[C@@H](Oc1cc2oc(=O)c3c(c2cc1Cl)CCC3)C(=O)NCCCn1ccnc1. The highest BCUT2D eigenvalue weighted by Gasteiger charge is 2.22. The number of ether oxygens (including phenoxy) is 1. The van der Waals surface area contributed by atoms with Gasteiger partial charge < -0.3 is 19.0 Å². The van der Waals surface area contributed by atoms with E-state index in [0.717, 1.165) is 48.7 Å². The zero-order valence-corrected chi connectivity index (χ0v) is 16.9. The first-order chi connectivity index (χ1) is 14.0. The molecule has 29 heavy (non-hydrogen) atoms. The number of nitrogens with zero attached hydrogens (tertiary/aromatic N) is 2. The van der Waals surface area contributed by atoms with E-state index in [1.54, 1.807) is 31.6 Å². The molecule has 0 fully saturated rings. The number of aryl methyl sites for hydroxylation is 2. The summed E-state index contributed by atoms with van der Waals surface area (Å²) in [5.41, 5.74) is 1.88. The van der Waals surface area contributed by atoms with Crippen LogP contribution in [0.1, 0.15) is 30.9 Å². The van der Waals surface area contributed by atoms with Crippen LogP contribution in [0.4, 0.5) is 0 Å². The summed E-state index contributed by atoms with van der Waals surface area (Å²) in [5.74, 6) is 0.0866. The van der Waals surface area contributed by atoms with Gasteiger partial charge in [-0.05, 0) is 44.2 Å². The summed E-state index contributed by atoms with van der Waals surface area (Å²) >= 11 is 6.39. The van der Waals surface area contributed by atoms with Gasteiger partial charge in [-0.15, -0.1) is 0 Å². The van der Waals surface area contributed by atoms with E-state index >= 15 is 0 Å². The zero-order valence-electron chi connectivity index (χ0n) is 16.1. The summed E-state index contributed by atoms with van der Waals surface area (Å²) in [6, 6.07) is 3.36. The van der Waals surface area contributed by atoms with E-state index in [1.165, 1.54) is 0 Å². The number of rotatable bonds is 7. The van der Waals surface area contributed by atoms with Crippen molar-refractivity contribution >= 4 is 28.5 Å². The van der Waals surface area contributed by atoms with Crippen molar-refractivity contribution in [3.05, 3.63) is 57.4 Å². The van der Waals surface area contributed by atoms with Crippen molar-refractivity contribution in [1.82, 2.24) is 14.9 Å². The lowest BCUT2D eigenvalue weighted by Crippen LogP contribution is -2.37. The fourth-order valence-electron chi connectivity index (χ4n) is 3.65. The minimum absolute atomic E-state index is 0.234. The Morgan fingerprint density at radius 3 is 3.00 bits per heavy atom. The molecule has 4 rings (SSSR count). The normalized spacial score (nSPS) is 14.0. The second-order valence-corrected chi connectivity index (χ2v) is 7.59. The van der Waals surface area contributed by atoms with Crippen LogP contribution in [0.2, 0.25) is 5.02 Å². The summed E-state index contributed by atoms with van der Waals surface area (Å²) in [4.78, 5) is 28.5. The Balaban J connectivity index is 1.41. The molecule has 0 unspecified atom stereocenters. The molecule has 8 heteroatoms. The van der Waals surface area contributed by atoms with Crippen molar-refractivity contribution in [2.75, 3.05) is 6.54 Å².